The molecule has 2 aromatic rings. The van der Waals surface area contributed by atoms with Crippen LogP contribution in [0.3, 0.4) is 0 Å². The summed E-state index contributed by atoms with van der Waals surface area (Å²) in [7, 11) is 3.40. The van der Waals surface area contributed by atoms with Gasteiger partial charge < -0.3 is 29.2 Å². The van der Waals surface area contributed by atoms with Gasteiger partial charge in [-0.15, -0.1) is 24.0 Å². The fourth-order valence-electron chi connectivity index (χ4n) is 3.28. The Morgan fingerprint density at radius 2 is 1.85 bits per heavy atom. The molecule has 1 fully saturated rings. The van der Waals surface area contributed by atoms with Crippen molar-refractivity contribution in [3.8, 4) is 5.75 Å². The largest absolute Gasteiger partial charge is 0.484 e. The molecule has 0 unspecified atom stereocenters. The van der Waals surface area contributed by atoms with Crippen LogP contribution in [0, 0.1) is 0 Å². The third kappa shape index (κ3) is 7.65. The van der Waals surface area contributed by atoms with Crippen molar-refractivity contribution >= 4 is 41.8 Å². The lowest BCUT2D eigenvalue weighted by molar-refractivity contribution is -0.130. The molecule has 0 saturated carbocycles. The highest BCUT2D eigenvalue weighted by Crippen LogP contribution is 2.15. The Morgan fingerprint density at radius 3 is 2.48 bits per heavy atom. The van der Waals surface area contributed by atoms with Crippen molar-refractivity contribution < 1.29 is 18.7 Å². The first kappa shape index (κ1) is 26.5. The van der Waals surface area contributed by atoms with E-state index in [1.54, 1.807) is 31.1 Å². The molecule has 2 amide bonds. The molecular weight excluding hydrogens is 537 g/mol. The summed E-state index contributed by atoms with van der Waals surface area (Å²) in [6.07, 6.45) is 1.51. The van der Waals surface area contributed by atoms with Crippen molar-refractivity contribution in [2.75, 3.05) is 53.4 Å². The first-order chi connectivity index (χ1) is 15.5. The topological polar surface area (TPSA) is 90.6 Å². The number of benzene rings is 1. The maximum atomic E-state index is 12.5. The van der Waals surface area contributed by atoms with E-state index in [-0.39, 0.29) is 42.4 Å². The third-order valence-electron chi connectivity index (χ3n) is 5.10. The maximum absolute atomic E-state index is 12.5. The minimum atomic E-state index is -0.0903. The van der Waals surface area contributed by atoms with Gasteiger partial charge in [0.1, 0.15) is 5.75 Å². The normalized spacial score (nSPS) is 13.8. The molecule has 0 bridgehead atoms. The van der Waals surface area contributed by atoms with E-state index in [0.29, 0.717) is 44.2 Å². The lowest BCUT2D eigenvalue weighted by atomic mass is 10.2. The van der Waals surface area contributed by atoms with Crippen molar-refractivity contribution in [3.63, 3.8) is 0 Å². The standard InChI is InChI=1S/C23H31N5O4.HI/c1-4-24-23(28-12-10-27(11-13-28)22(30)20-9-6-14-31-20)25-16-18-7-5-8-19(15-18)32-17-21(29)26(2)3;/h5-9,14-15H,4,10-13,16-17H2,1-3H3,(H,24,25);1H. The number of piperazine rings is 1. The number of hydrogen-bond acceptors (Lipinski definition) is 5. The summed E-state index contributed by atoms with van der Waals surface area (Å²) in [5, 5.41) is 3.33. The van der Waals surface area contributed by atoms with Gasteiger partial charge in [-0.2, -0.15) is 0 Å². The molecule has 9 nitrogen and oxygen atoms in total. The van der Waals surface area contributed by atoms with Crippen molar-refractivity contribution in [1.82, 2.24) is 20.0 Å². The number of hydrogen-bond donors (Lipinski definition) is 1. The number of nitrogens with one attached hydrogen (secondary N) is 1. The molecule has 2 heterocycles. The van der Waals surface area contributed by atoms with Crippen LogP contribution in [0.4, 0.5) is 0 Å². The summed E-state index contributed by atoms with van der Waals surface area (Å²) in [4.78, 5) is 34.4. The first-order valence-corrected chi connectivity index (χ1v) is 10.8. The molecule has 1 aliphatic rings. The van der Waals surface area contributed by atoms with Gasteiger partial charge in [0, 0.05) is 46.8 Å². The monoisotopic (exact) mass is 569 g/mol. The van der Waals surface area contributed by atoms with E-state index in [9.17, 15) is 9.59 Å². The summed E-state index contributed by atoms with van der Waals surface area (Å²) in [5.74, 6) is 1.65. The summed E-state index contributed by atoms with van der Waals surface area (Å²) in [6.45, 7) is 5.85. The molecule has 1 saturated heterocycles. The summed E-state index contributed by atoms with van der Waals surface area (Å²) < 4.78 is 10.8. The molecule has 1 aliphatic heterocycles. The van der Waals surface area contributed by atoms with Gasteiger partial charge in [0.15, 0.2) is 18.3 Å². The van der Waals surface area contributed by atoms with Gasteiger partial charge in [0.05, 0.1) is 12.8 Å². The maximum Gasteiger partial charge on any atom is 0.289 e. The van der Waals surface area contributed by atoms with Gasteiger partial charge in [-0.3, -0.25) is 9.59 Å². The molecule has 1 N–H and O–H groups in total. The predicted molar refractivity (Wildman–Crippen MR) is 137 cm³/mol. The van der Waals surface area contributed by atoms with Crippen LogP contribution in [0.25, 0.3) is 0 Å². The predicted octanol–water partition coefficient (Wildman–Crippen LogP) is 2.29. The van der Waals surface area contributed by atoms with Crippen LogP contribution in [-0.4, -0.2) is 85.9 Å². The van der Waals surface area contributed by atoms with Gasteiger partial charge in [0.25, 0.3) is 11.8 Å². The van der Waals surface area contributed by atoms with Crippen molar-refractivity contribution in [2.24, 2.45) is 4.99 Å². The van der Waals surface area contributed by atoms with Crippen molar-refractivity contribution in [1.29, 1.82) is 0 Å². The molecule has 0 atom stereocenters. The average molecular weight is 569 g/mol. The number of ether oxygens (including phenoxy) is 1. The van der Waals surface area contributed by atoms with E-state index in [1.165, 1.54) is 11.2 Å². The number of likely N-dealkylation sites (N-methyl/N-ethyl adjacent to an activating group) is 1. The van der Waals surface area contributed by atoms with E-state index in [0.717, 1.165) is 18.1 Å². The second-order valence-electron chi connectivity index (χ2n) is 7.65. The smallest absolute Gasteiger partial charge is 0.289 e. The first-order valence-electron chi connectivity index (χ1n) is 10.8. The van der Waals surface area contributed by atoms with E-state index in [2.05, 4.69) is 10.2 Å². The zero-order valence-electron chi connectivity index (χ0n) is 19.3. The summed E-state index contributed by atoms with van der Waals surface area (Å²) >= 11 is 0. The van der Waals surface area contributed by atoms with Gasteiger partial charge in [0.2, 0.25) is 0 Å². The highest BCUT2D eigenvalue weighted by molar-refractivity contribution is 14.0. The van der Waals surface area contributed by atoms with E-state index in [1.807, 2.05) is 31.2 Å². The molecule has 3 rings (SSSR count). The molecule has 1 aromatic heterocycles. The third-order valence-corrected chi connectivity index (χ3v) is 5.10. The fourth-order valence-corrected chi connectivity index (χ4v) is 3.28. The van der Waals surface area contributed by atoms with Crippen molar-refractivity contribution in [2.45, 2.75) is 13.5 Å². The quantitative estimate of drug-likeness (QED) is 0.313. The average Bonchev–Trinajstić information content (AvgIpc) is 3.35. The Balaban J connectivity index is 0.00000385. The Kier molecular flexibility index (Phi) is 10.5. The van der Waals surface area contributed by atoms with Crippen LogP contribution in [0.1, 0.15) is 23.0 Å². The minimum absolute atomic E-state index is 0. The number of nitrogens with zero attached hydrogens (tertiary/aromatic N) is 4. The molecular formula is C23H32IN5O4. The number of guanidine groups is 1. The fraction of sp³-hybridized carbons (Fsp3) is 0.435. The zero-order chi connectivity index (χ0) is 22.9. The van der Waals surface area contributed by atoms with Crippen LogP contribution in [0.5, 0.6) is 5.75 Å². The number of carbonyl (C=O) groups is 2. The van der Waals surface area contributed by atoms with E-state index in [4.69, 9.17) is 14.1 Å². The number of amides is 2. The second kappa shape index (κ2) is 13.1. The van der Waals surface area contributed by atoms with Crippen molar-refractivity contribution in [3.05, 3.63) is 54.0 Å². The Labute approximate surface area is 211 Å². The van der Waals surface area contributed by atoms with Gasteiger partial charge in [-0.05, 0) is 36.8 Å². The summed E-state index contributed by atoms with van der Waals surface area (Å²) in [5.41, 5.74) is 0.988. The molecule has 10 heteroatoms. The molecule has 0 spiro atoms. The van der Waals surface area contributed by atoms with E-state index < -0.39 is 0 Å². The number of halogens is 1. The van der Waals surface area contributed by atoms with Gasteiger partial charge >= 0.3 is 0 Å². The Morgan fingerprint density at radius 1 is 1.12 bits per heavy atom. The molecule has 180 valence electrons. The molecule has 0 aliphatic carbocycles. The van der Waals surface area contributed by atoms with Crippen LogP contribution < -0.4 is 10.1 Å². The van der Waals surface area contributed by atoms with Gasteiger partial charge in [-0.25, -0.2) is 4.99 Å². The SMILES string of the molecule is CCNC(=NCc1cccc(OCC(=O)N(C)C)c1)N1CCN(C(=O)c2ccco2)CC1.I. The second-order valence-corrected chi connectivity index (χ2v) is 7.65. The number of carbonyl (C=O) groups excluding carboxylic acids is 2. The van der Waals surface area contributed by atoms with E-state index >= 15 is 0 Å². The lowest BCUT2D eigenvalue weighted by Gasteiger charge is -2.36. The number of rotatable bonds is 7. The highest BCUT2D eigenvalue weighted by Gasteiger charge is 2.25. The summed E-state index contributed by atoms with van der Waals surface area (Å²) in [6, 6.07) is 11.0. The Hall–Kier alpha value is -2.76. The molecule has 33 heavy (non-hydrogen) atoms. The number of aliphatic imine (C=N–C) groups is 1. The highest BCUT2D eigenvalue weighted by atomic mass is 127. The minimum Gasteiger partial charge on any atom is -0.484 e. The van der Waals surface area contributed by atoms with Crippen LogP contribution in [0.2, 0.25) is 0 Å². The van der Waals surface area contributed by atoms with Crippen LogP contribution in [0.15, 0.2) is 52.1 Å². The number of furan rings is 1. The lowest BCUT2D eigenvalue weighted by Crippen LogP contribution is -2.53. The molecule has 1 aromatic carbocycles. The molecule has 0 radical (unpaired) electrons. The van der Waals surface area contributed by atoms with Crippen LogP contribution in [-0.2, 0) is 11.3 Å². The Bertz CT molecular complexity index is 925. The van der Waals surface area contributed by atoms with Crippen LogP contribution >= 0.6 is 24.0 Å². The zero-order valence-corrected chi connectivity index (χ0v) is 21.7. The van der Waals surface area contributed by atoms with Gasteiger partial charge in [-0.1, -0.05) is 12.1 Å².